The second-order valence-electron chi connectivity index (χ2n) is 4.28. The topological polar surface area (TPSA) is 20.2 Å². The predicted octanol–water partition coefficient (Wildman–Crippen LogP) is 4.72. The van der Waals surface area contributed by atoms with Crippen molar-refractivity contribution >= 4 is 22.9 Å². The van der Waals surface area contributed by atoms with E-state index in [1.807, 2.05) is 12.1 Å². The summed E-state index contributed by atoms with van der Waals surface area (Å²) in [6.45, 7) is 0. The lowest BCUT2D eigenvalue weighted by molar-refractivity contribution is 0.213. The smallest absolute Gasteiger partial charge is 0.109 e. The highest BCUT2D eigenvalue weighted by Crippen LogP contribution is 2.34. The summed E-state index contributed by atoms with van der Waals surface area (Å²) >= 11 is 7.37. The Hall–Kier alpha value is -0.310. The third kappa shape index (κ3) is 3.09. The fourth-order valence-electron chi connectivity index (χ4n) is 2.12. The van der Waals surface area contributed by atoms with Crippen molar-refractivity contribution in [3.63, 3.8) is 0 Å². The van der Waals surface area contributed by atoms with Gasteiger partial charge in [0.1, 0.15) is 6.10 Å². The Bertz CT molecular complexity index is 370. The van der Waals surface area contributed by atoms with Gasteiger partial charge in [-0.05, 0) is 43.4 Å². The van der Waals surface area contributed by atoms with Crippen molar-refractivity contribution in [3.8, 4) is 0 Å². The first kappa shape index (κ1) is 12.2. The molecular weight excluding hydrogens is 240 g/mol. The molecule has 0 saturated carbocycles. The van der Waals surface area contributed by atoms with Gasteiger partial charge in [0.05, 0.1) is 4.34 Å². The maximum atomic E-state index is 10.3. The van der Waals surface area contributed by atoms with Crippen LogP contribution in [0.3, 0.4) is 0 Å². The number of aliphatic hydroxyl groups excluding tert-OH is 1. The molecule has 1 unspecified atom stereocenters. The van der Waals surface area contributed by atoms with Gasteiger partial charge in [0.2, 0.25) is 0 Å². The molecule has 0 aromatic carbocycles. The van der Waals surface area contributed by atoms with Crippen molar-refractivity contribution in [1.82, 2.24) is 0 Å². The van der Waals surface area contributed by atoms with E-state index in [4.69, 9.17) is 11.6 Å². The molecule has 1 nitrogen and oxygen atoms in total. The van der Waals surface area contributed by atoms with Crippen molar-refractivity contribution < 1.29 is 5.11 Å². The second kappa shape index (κ2) is 5.85. The molecule has 0 bridgehead atoms. The Morgan fingerprint density at radius 1 is 1.19 bits per heavy atom. The monoisotopic (exact) mass is 256 g/mol. The Kier molecular flexibility index (Phi) is 4.45. The predicted molar refractivity (Wildman–Crippen MR) is 70.1 cm³/mol. The molecule has 2 rings (SSSR count). The van der Waals surface area contributed by atoms with Gasteiger partial charge < -0.3 is 5.11 Å². The lowest BCUT2D eigenvalue weighted by Crippen LogP contribution is -2.01. The van der Waals surface area contributed by atoms with E-state index in [2.05, 4.69) is 6.08 Å². The van der Waals surface area contributed by atoms with Gasteiger partial charge in [-0.2, -0.15) is 0 Å². The largest absolute Gasteiger partial charge is 0.383 e. The number of halogens is 1. The summed E-state index contributed by atoms with van der Waals surface area (Å²) in [4.78, 5) is 0.969. The van der Waals surface area contributed by atoms with Gasteiger partial charge in [-0.1, -0.05) is 30.5 Å². The average Bonchev–Trinajstić information content (AvgIpc) is 2.63. The Morgan fingerprint density at radius 3 is 2.75 bits per heavy atom. The van der Waals surface area contributed by atoms with Gasteiger partial charge in [0, 0.05) is 4.88 Å². The van der Waals surface area contributed by atoms with Crippen LogP contribution in [0, 0.1) is 0 Å². The van der Waals surface area contributed by atoms with E-state index in [9.17, 15) is 5.11 Å². The maximum absolute atomic E-state index is 10.3. The molecule has 0 aliphatic heterocycles. The molecule has 0 radical (unpaired) electrons. The van der Waals surface area contributed by atoms with Gasteiger partial charge in [-0.3, -0.25) is 0 Å². The fourth-order valence-corrected chi connectivity index (χ4v) is 3.21. The molecule has 1 aromatic rings. The summed E-state index contributed by atoms with van der Waals surface area (Å²) in [5.41, 5.74) is 1.18. The molecule has 0 saturated heterocycles. The zero-order valence-corrected chi connectivity index (χ0v) is 10.9. The summed E-state index contributed by atoms with van der Waals surface area (Å²) in [6.07, 6.45) is 8.97. The van der Waals surface area contributed by atoms with Crippen LogP contribution in [-0.4, -0.2) is 5.11 Å². The standard InChI is InChI=1S/C13H17ClOS/c14-12-9-8-11(16-12)13(15)10-6-4-2-1-3-5-7-10/h6,8-9,13,15H,1-5,7H2/b10-6+. The maximum Gasteiger partial charge on any atom is 0.109 e. The van der Waals surface area contributed by atoms with Gasteiger partial charge >= 0.3 is 0 Å². The first-order chi connectivity index (χ1) is 7.77. The molecule has 0 fully saturated rings. The van der Waals surface area contributed by atoms with Crippen LogP contribution in [0.5, 0.6) is 0 Å². The lowest BCUT2D eigenvalue weighted by Gasteiger charge is -2.16. The Labute approximate surface area is 106 Å². The lowest BCUT2D eigenvalue weighted by atomic mass is 9.96. The SMILES string of the molecule is OC(/C1=C/CCCCCC1)c1ccc(Cl)s1. The van der Waals surface area contributed by atoms with Crippen LogP contribution < -0.4 is 0 Å². The van der Waals surface area contributed by atoms with Crippen molar-refractivity contribution in [1.29, 1.82) is 0 Å². The minimum absolute atomic E-state index is 0.435. The Morgan fingerprint density at radius 2 is 2.00 bits per heavy atom. The molecule has 0 spiro atoms. The van der Waals surface area contributed by atoms with E-state index in [-0.39, 0.29) is 0 Å². The van der Waals surface area contributed by atoms with E-state index in [0.717, 1.165) is 22.1 Å². The molecule has 88 valence electrons. The number of hydrogen-bond acceptors (Lipinski definition) is 2. The number of aliphatic hydroxyl groups is 1. The van der Waals surface area contributed by atoms with Gasteiger partial charge in [-0.25, -0.2) is 0 Å². The van der Waals surface area contributed by atoms with E-state index in [1.54, 1.807) is 0 Å². The molecule has 1 N–H and O–H groups in total. The second-order valence-corrected chi connectivity index (χ2v) is 6.02. The summed E-state index contributed by atoms with van der Waals surface area (Å²) in [6, 6.07) is 3.78. The van der Waals surface area contributed by atoms with Crippen LogP contribution in [0.15, 0.2) is 23.8 Å². The summed E-state index contributed by atoms with van der Waals surface area (Å²) in [5.74, 6) is 0. The number of hydrogen-bond donors (Lipinski definition) is 1. The fraction of sp³-hybridized carbons (Fsp3) is 0.538. The third-order valence-corrected chi connectivity index (χ3v) is 4.32. The number of rotatable bonds is 2. The number of thiophene rings is 1. The van der Waals surface area contributed by atoms with Gasteiger partial charge in [-0.15, -0.1) is 11.3 Å². The summed E-state index contributed by atoms with van der Waals surface area (Å²) in [5, 5.41) is 10.3. The van der Waals surface area contributed by atoms with Crippen molar-refractivity contribution in [2.24, 2.45) is 0 Å². The van der Waals surface area contributed by atoms with Gasteiger partial charge in [0.15, 0.2) is 0 Å². The van der Waals surface area contributed by atoms with Crippen molar-refractivity contribution in [2.45, 2.75) is 44.6 Å². The van der Waals surface area contributed by atoms with Crippen LogP contribution >= 0.6 is 22.9 Å². The minimum Gasteiger partial charge on any atom is -0.383 e. The van der Waals surface area contributed by atoms with Crippen molar-refractivity contribution in [2.75, 3.05) is 0 Å². The zero-order valence-electron chi connectivity index (χ0n) is 9.29. The van der Waals surface area contributed by atoms with E-state index >= 15 is 0 Å². The molecule has 16 heavy (non-hydrogen) atoms. The zero-order chi connectivity index (χ0) is 11.4. The van der Waals surface area contributed by atoms with Crippen LogP contribution in [0.4, 0.5) is 0 Å². The number of allylic oxidation sites excluding steroid dienone is 1. The van der Waals surface area contributed by atoms with Crippen molar-refractivity contribution in [3.05, 3.63) is 33.0 Å². The molecular formula is C13H17ClOS. The average molecular weight is 257 g/mol. The molecule has 1 aromatic heterocycles. The normalized spacial score (nSPS) is 23.0. The molecule has 1 aliphatic rings. The molecule has 1 atom stereocenters. The summed E-state index contributed by atoms with van der Waals surface area (Å²) in [7, 11) is 0. The highest BCUT2D eigenvalue weighted by Gasteiger charge is 2.15. The van der Waals surface area contributed by atoms with Crippen LogP contribution in [0.2, 0.25) is 4.34 Å². The van der Waals surface area contributed by atoms with E-state index in [1.165, 1.54) is 42.6 Å². The van der Waals surface area contributed by atoms with E-state index < -0.39 is 6.10 Å². The molecule has 0 amide bonds. The highest BCUT2D eigenvalue weighted by atomic mass is 35.5. The Balaban J connectivity index is 2.09. The van der Waals surface area contributed by atoms with Crippen LogP contribution in [-0.2, 0) is 0 Å². The summed E-state index contributed by atoms with van der Waals surface area (Å²) < 4.78 is 0.750. The molecule has 1 aliphatic carbocycles. The first-order valence-electron chi connectivity index (χ1n) is 5.89. The quantitative estimate of drug-likeness (QED) is 0.760. The molecule has 1 heterocycles. The van der Waals surface area contributed by atoms with Gasteiger partial charge in [0.25, 0.3) is 0 Å². The van der Waals surface area contributed by atoms with Crippen LogP contribution in [0.1, 0.15) is 49.5 Å². The van der Waals surface area contributed by atoms with Crippen LogP contribution in [0.25, 0.3) is 0 Å². The first-order valence-corrected chi connectivity index (χ1v) is 7.09. The minimum atomic E-state index is -0.435. The third-order valence-electron chi connectivity index (χ3n) is 3.04. The van der Waals surface area contributed by atoms with E-state index in [0.29, 0.717) is 0 Å². The highest BCUT2D eigenvalue weighted by molar-refractivity contribution is 7.16. The molecule has 3 heteroatoms.